The highest BCUT2D eigenvalue weighted by atomic mass is 32.2. The van der Waals surface area contributed by atoms with Gasteiger partial charge in [-0.05, 0) is 54.7 Å². The Hall–Kier alpha value is -3.02. The first-order valence-corrected chi connectivity index (χ1v) is 9.35. The van der Waals surface area contributed by atoms with Gasteiger partial charge in [0.15, 0.2) is 10.8 Å². The maximum atomic E-state index is 12.1. The van der Waals surface area contributed by atoms with E-state index in [9.17, 15) is 13.2 Å². The Labute approximate surface area is 160 Å². The van der Waals surface area contributed by atoms with Crippen LogP contribution in [0.25, 0.3) is 0 Å². The summed E-state index contributed by atoms with van der Waals surface area (Å²) in [6, 6.07) is 10.7. The number of rotatable bonds is 4. The summed E-state index contributed by atoms with van der Waals surface area (Å²) in [5, 5.41) is 9.50. The second kappa shape index (κ2) is 7.31. The van der Waals surface area contributed by atoms with Crippen LogP contribution in [0.1, 0.15) is 5.56 Å². The summed E-state index contributed by atoms with van der Waals surface area (Å²) in [7, 11) is -2.85. The van der Waals surface area contributed by atoms with Crippen molar-refractivity contribution in [2.45, 2.75) is 4.90 Å². The van der Waals surface area contributed by atoms with E-state index in [0.29, 0.717) is 17.1 Å². The minimum Gasteiger partial charge on any atom is -0.497 e. The van der Waals surface area contributed by atoms with Crippen molar-refractivity contribution in [1.82, 2.24) is 5.43 Å². The lowest BCUT2D eigenvalue weighted by Gasteiger charge is -2.08. The van der Waals surface area contributed by atoms with Gasteiger partial charge >= 0.3 is 0 Å². The van der Waals surface area contributed by atoms with Gasteiger partial charge in [0.1, 0.15) is 5.75 Å². The van der Waals surface area contributed by atoms with Crippen LogP contribution in [0, 0.1) is 0 Å². The number of thiocarbonyl (C=S) groups is 1. The molecule has 0 saturated heterocycles. The fourth-order valence-electron chi connectivity index (χ4n) is 2.34. The predicted octanol–water partition coefficient (Wildman–Crippen LogP) is 1.58. The fourth-order valence-corrected chi connectivity index (χ4v) is 3.01. The zero-order valence-electron chi connectivity index (χ0n) is 13.9. The quantitative estimate of drug-likeness (QED) is 0.342. The van der Waals surface area contributed by atoms with Gasteiger partial charge in [0, 0.05) is 11.3 Å². The lowest BCUT2D eigenvalue weighted by Crippen LogP contribution is -2.27. The highest BCUT2D eigenvalue weighted by Crippen LogP contribution is 2.26. The maximum Gasteiger partial charge on any atom is 0.294 e. The molecule has 0 spiro atoms. The number of carbonyl (C=O) groups excluding carboxylic acids is 1. The molecule has 11 heteroatoms. The molecule has 3 rings (SSSR count). The summed E-state index contributed by atoms with van der Waals surface area (Å²) in [4.78, 5) is 11.7. The Morgan fingerprint density at radius 3 is 2.56 bits per heavy atom. The summed E-state index contributed by atoms with van der Waals surface area (Å²) < 4.78 is 36.8. The van der Waals surface area contributed by atoms with E-state index in [1.807, 2.05) is 0 Å². The van der Waals surface area contributed by atoms with E-state index in [0.717, 1.165) is 6.07 Å². The lowest BCUT2D eigenvalue weighted by atomic mass is 10.1. The van der Waals surface area contributed by atoms with Gasteiger partial charge in [-0.15, -0.1) is 0 Å². The Bertz CT molecular complexity index is 1050. The number of amides is 1. The molecule has 1 aliphatic rings. The van der Waals surface area contributed by atoms with Crippen LogP contribution in [0.2, 0.25) is 0 Å². The molecule has 4 N–H and O–H groups in total. The molecule has 0 aromatic heterocycles. The van der Waals surface area contributed by atoms with Crippen molar-refractivity contribution in [2.75, 3.05) is 17.7 Å². The van der Waals surface area contributed by atoms with Gasteiger partial charge in [0.25, 0.3) is 16.0 Å². The summed E-state index contributed by atoms with van der Waals surface area (Å²) >= 11 is 5.13. The number of benzene rings is 2. The molecule has 2 aromatic rings. The van der Waals surface area contributed by atoms with Gasteiger partial charge in [-0.3, -0.25) is 14.8 Å². The van der Waals surface area contributed by atoms with Crippen molar-refractivity contribution in [3.05, 3.63) is 48.0 Å². The van der Waals surface area contributed by atoms with E-state index < -0.39 is 16.0 Å². The number of hydrogen-bond acceptors (Lipinski definition) is 6. The molecule has 0 atom stereocenters. The number of ether oxygens (including phenoxy) is 1. The van der Waals surface area contributed by atoms with Crippen molar-refractivity contribution in [3.8, 4) is 5.75 Å². The van der Waals surface area contributed by atoms with Gasteiger partial charge < -0.3 is 15.4 Å². The first-order valence-electron chi connectivity index (χ1n) is 7.50. The van der Waals surface area contributed by atoms with Gasteiger partial charge in [0.2, 0.25) is 0 Å². The summed E-state index contributed by atoms with van der Waals surface area (Å²) in [5.74, 6) is 0.158. The van der Waals surface area contributed by atoms with Crippen molar-refractivity contribution in [2.24, 2.45) is 5.10 Å². The number of hydrazone groups is 1. The van der Waals surface area contributed by atoms with E-state index in [1.165, 1.54) is 12.1 Å². The summed E-state index contributed by atoms with van der Waals surface area (Å²) in [6.45, 7) is 0. The van der Waals surface area contributed by atoms with Gasteiger partial charge in [-0.2, -0.15) is 13.5 Å². The average molecular weight is 406 g/mol. The molecule has 0 bridgehead atoms. The molecular formula is C16H14N4O5S2. The van der Waals surface area contributed by atoms with E-state index in [4.69, 9.17) is 21.5 Å². The monoisotopic (exact) mass is 406 g/mol. The van der Waals surface area contributed by atoms with Crippen LogP contribution >= 0.6 is 12.2 Å². The maximum absolute atomic E-state index is 12.1. The Morgan fingerprint density at radius 2 is 1.93 bits per heavy atom. The number of nitrogens with one attached hydrogen (secondary N) is 3. The first-order chi connectivity index (χ1) is 12.8. The zero-order valence-corrected chi connectivity index (χ0v) is 15.5. The van der Waals surface area contributed by atoms with Crippen molar-refractivity contribution < 1.29 is 22.5 Å². The highest BCUT2D eigenvalue weighted by molar-refractivity contribution is 7.85. The topological polar surface area (TPSA) is 129 Å². The first kappa shape index (κ1) is 18.8. The molecule has 1 amide bonds. The molecule has 140 valence electrons. The van der Waals surface area contributed by atoms with Crippen LogP contribution in [-0.4, -0.2) is 36.8 Å². The molecule has 0 aliphatic carbocycles. The lowest BCUT2D eigenvalue weighted by molar-refractivity contribution is -0.110. The molecule has 1 heterocycles. The largest absolute Gasteiger partial charge is 0.497 e. The SMILES string of the molecule is COc1ccc(NC(=S)N/N=C2\C(=O)Nc3ccc(S(=O)(=O)O)cc32)cc1. The van der Waals surface area contributed by atoms with Crippen LogP contribution in [0.4, 0.5) is 11.4 Å². The standard InChI is InChI=1S/C16H14N4O5S2/c1-25-10-4-2-9(3-5-10)17-16(26)20-19-14-12-8-11(27(22,23)24)6-7-13(12)18-15(14)21/h2-8H,1H3,(H2,17,20,26)(H,18,19,21)(H,22,23,24). The average Bonchev–Trinajstić information content (AvgIpc) is 2.94. The number of nitrogens with zero attached hydrogens (tertiary/aromatic N) is 1. The van der Waals surface area contributed by atoms with Crippen LogP contribution in [0.5, 0.6) is 5.75 Å². The molecule has 0 fully saturated rings. The Kier molecular flexibility index (Phi) is 5.08. The van der Waals surface area contributed by atoms with Crippen LogP contribution in [0.15, 0.2) is 52.5 Å². The molecule has 1 aliphatic heterocycles. The smallest absolute Gasteiger partial charge is 0.294 e. The number of anilines is 2. The van der Waals surface area contributed by atoms with Crippen molar-refractivity contribution in [1.29, 1.82) is 0 Å². The van der Waals surface area contributed by atoms with E-state index in [-0.39, 0.29) is 21.3 Å². The minimum atomic E-state index is -4.41. The van der Waals surface area contributed by atoms with E-state index >= 15 is 0 Å². The molecule has 2 aromatic carbocycles. The zero-order chi connectivity index (χ0) is 19.6. The van der Waals surface area contributed by atoms with Crippen molar-refractivity contribution >= 4 is 50.4 Å². The molecule has 0 radical (unpaired) electrons. The van der Waals surface area contributed by atoms with Crippen LogP contribution in [0.3, 0.4) is 0 Å². The summed E-state index contributed by atoms with van der Waals surface area (Å²) in [5.41, 5.74) is 3.76. The minimum absolute atomic E-state index is 0.0608. The normalized spacial score (nSPS) is 14.4. The molecule has 27 heavy (non-hydrogen) atoms. The Balaban J connectivity index is 1.77. The number of carbonyl (C=O) groups is 1. The third-order valence-electron chi connectivity index (χ3n) is 3.62. The summed E-state index contributed by atoms with van der Waals surface area (Å²) in [6.07, 6.45) is 0. The number of fused-ring (bicyclic) bond motifs is 1. The van der Waals surface area contributed by atoms with Gasteiger partial charge in [-0.25, -0.2) is 0 Å². The molecule has 9 nitrogen and oxygen atoms in total. The second-order valence-corrected chi connectivity index (χ2v) is 7.22. The third kappa shape index (κ3) is 4.22. The second-order valence-electron chi connectivity index (χ2n) is 5.39. The predicted molar refractivity (Wildman–Crippen MR) is 104 cm³/mol. The van der Waals surface area contributed by atoms with Crippen LogP contribution in [-0.2, 0) is 14.9 Å². The van der Waals surface area contributed by atoms with Gasteiger partial charge in [0.05, 0.1) is 17.7 Å². The van der Waals surface area contributed by atoms with Crippen molar-refractivity contribution in [3.63, 3.8) is 0 Å². The number of methoxy groups -OCH3 is 1. The fraction of sp³-hybridized carbons (Fsp3) is 0.0625. The van der Waals surface area contributed by atoms with E-state index in [1.54, 1.807) is 31.4 Å². The van der Waals surface area contributed by atoms with Crippen LogP contribution < -0.4 is 20.8 Å². The van der Waals surface area contributed by atoms with E-state index in [2.05, 4.69) is 21.2 Å². The highest BCUT2D eigenvalue weighted by Gasteiger charge is 2.28. The number of hydrogen-bond donors (Lipinski definition) is 4. The van der Waals surface area contributed by atoms with Gasteiger partial charge in [-0.1, -0.05) is 0 Å². The third-order valence-corrected chi connectivity index (χ3v) is 4.67. The molecule has 0 unspecified atom stereocenters. The molecule has 0 saturated carbocycles. The Morgan fingerprint density at radius 1 is 1.22 bits per heavy atom. The molecular weight excluding hydrogens is 392 g/mol.